The van der Waals surface area contributed by atoms with Crippen molar-refractivity contribution in [1.82, 2.24) is 5.32 Å². The van der Waals surface area contributed by atoms with Crippen LogP contribution in [0.4, 0.5) is 0 Å². The van der Waals surface area contributed by atoms with Crippen LogP contribution in [0.1, 0.15) is 5.56 Å². The van der Waals surface area contributed by atoms with Gasteiger partial charge in [0.1, 0.15) is 11.5 Å². The first-order chi connectivity index (χ1) is 10.4. The first-order valence-electron chi connectivity index (χ1n) is 6.84. The summed E-state index contributed by atoms with van der Waals surface area (Å²) in [6.07, 6.45) is 2.01. The van der Waals surface area contributed by atoms with E-state index in [2.05, 4.69) is 5.32 Å². The summed E-state index contributed by atoms with van der Waals surface area (Å²) < 4.78 is 16.7. The van der Waals surface area contributed by atoms with Crippen LogP contribution in [0.2, 0.25) is 0 Å². The molecule has 0 unspecified atom stereocenters. The third-order valence-corrected chi connectivity index (χ3v) is 3.12. The van der Waals surface area contributed by atoms with Gasteiger partial charge in [0.2, 0.25) is 6.79 Å². The largest absolute Gasteiger partial charge is 0.457 e. The Morgan fingerprint density at radius 3 is 2.76 bits per heavy atom. The van der Waals surface area contributed by atoms with Crippen molar-refractivity contribution in [2.45, 2.75) is 0 Å². The van der Waals surface area contributed by atoms with E-state index < -0.39 is 0 Å². The maximum absolute atomic E-state index is 6.01. The van der Waals surface area contributed by atoms with E-state index in [9.17, 15) is 0 Å². The summed E-state index contributed by atoms with van der Waals surface area (Å²) in [6, 6.07) is 15.6. The standard InChI is InChI=1S/C17H17NO3/c1-18-10-9-15(13-5-3-2-4-6-13)21-14-7-8-16-17(11-14)20-12-19-16/h2-9,11,18H,10,12H2,1H3. The molecule has 2 aromatic carbocycles. The van der Waals surface area contributed by atoms with Gasteiger partial charge in [0.25, 0.3) is 0 Å². The average molecular weight is 283 g/mol. The predicted molar refractivity (Wildman–Crippen MR) is 81.5 cm³/mol. The molecule has 108 valence electrons. The second kappa shape index (κ2) is 6.33. The van der Waals surface area contributed by atoms with E-state index in [0.717, 1.165) is 29.4 Å². The fraction of sp³-hybridized carbons (Fsp3) is 0.176. The molecule has 0 aromatic heterocycles. The SMILES string of the molecule is CNCC=C(Oc1ccc2c(c1)OCO2)c1ccccc1. The Morgan fingerprint density at radius 2 is 1.95 bits per heavy atom. The Bertz CT molecular complexity index is 638. The molecule has 1 heterocycles. The van der Waals surface area contributed by atoms with E-state index in [0.29, 0.717) is 5.75 Å². The minimum Gasteiger partial charge on any atom is -0.457 e. The molecule has 0 bridgehead atoms. The van der Waals surface area contributed by atoms with Gasteiger partial charge < -0.3 is 19.5 Å². The van der Waals surface area contributed by atoms with Crippen LogP contribution in [0.5, 0.6) is 17.2 Å². The molecule has 0 aliphatic carbocycles. The van der Waals surface area contributed by atoms with Crippen molar-refractivity contribution >= 4 is 5.76 Å². The lowest BCUT2D eigenvalue weighted by molar-refractivity contribution is 0.174. The zero-order chi connectivity index (χ0) is 14.5. The summed E-state index contributed by atoms with van der Waals surface area (Å²) in [4.78, 5) is 0. The van der Waals surface area contributed by atoms with Gasteiger partial charge in [0.15, 0.2) is 11.5 Å². The van der Waals surface area contributed by atoms with Crippen LogP contribution in [0.3, 0.4) is 0 Å². The number of rotatable bonds is 5. The van der Waals surface area contributed by atoms with Gasteiger partial charge in [0.05, 0.1) is 0 Å². The van der Waals surface area contributed by atoms with Crippen molar-refractivity contribution in [2.75, 3.05) is 20.4 Å². The number of ether oxygens (including phenoxy) is 3. The van der Waals surface area contributed by atoms with Crippen LogP contribution < -0.4 is 19.5 Å². The van der Waals surface area contributed by atoms with Crippen molar-refractivity contribution in [3.63, 3.8) is 0 Å². The van der Waals surface area contributed by atoms with Gasteiger partial charge in [-0.3, -0.25) is 0 Å². The monoisotopic (exact) mass is 283 g/mol. The Balaban J connectivity index is 1.85. The molecule has 21 heavy (non-hydrogen) atoms. The first kappa shape index (κ1) is 13.5. The lowest BCUT2D eigenvalue weighted by Crippen LogP contribution is -2.07. The van der Waals surface area contributed by atoms with Gasteiger partial charge >= 0.3 is 0 Å². The lowest BCUT2D eigenvalue weighted by Gasteiger charge is -2.11. The van der Waals surface area contributed by atoms with Crippen molar-refractivity contribution in [3.05, 3.63) is 60.2 Å². The van der Waals surface area contributed by atoms with E-state index in [-0.39, 0.29) is 6.79 Å². The fourth-order valence-corrected chi connectivity index (χ4v) is 2.08. The molecule has 2 aromatic rings. The lowest BCUT2D eigenvalue weighted by atomic mass is 10.2. The highest BCUT2D eigenvalue weighted by atomic mass is 16.7. The fourth-order valence-electron chi connectivity index (χ4n) is 2.08. The van der Waals surface area contributed by atoms with E-state index in [1.165, 1.54) is 0 Å². The molecule has 3 rings (SSSR count). The summed E-state index contributed by atoms with van der Waals surface area (Å²) in [5.74, 6) is 3.01. The number of nitrogens with one attached hydrogen (secondary N) is 1. The van der Waals surface area contributed by atoms with Crippen LogP contribution in [0.25, 0.3) is 5.76 Å². The molecule has 0 spiro atoms. The van der Waals surface area contributed by atoms with Crippen molar-refractivity contribution in [1.29, 1.82) is 0 Å². The smallest absolute Gasteiger partial charge is 0.231 e. The highest BCUT2D eigenvalue weighted by molar-refractivity contribution is 5.62. The number of likely N-dealkylation sites (N-methyl/N-ethyl adjacent to an activating group) is 1. The Labute approximate surface area is 124 Å². The average Bonchev–Trinajstić information content (AvgIpc) is 3.00. The van der Waals surface area contributed by atoms with E-state index in [4.69, 9.17) is 14.2 Å². The van der Waals surface area contributed by atoms with Gasteiger partial charge in [-0.15, -0.1) is 0 Å². The molecule has 4 heteroatoms. The second-order valence-corrected chi connectivity index (χ2v) is 4.61. The molecule has 4 nitrogen and oxygen atoms in total. The minimum atomic E-state index is 0.264. The molecule has 1 aliphatic heterocycles. The van der Waals surface area contributed by atoms with Crippen molar-refractivity contribution < 1.29 is 14.2 Å². The summed E-state index contributed by atoms with van der Waals surface area (Å²) in [6.45, 7) is 0.995. The molecular formula is C17H17NO3. The number of hydrogen-bond acceptors (Lipinski definition) is 4. The van der Waals surface area contributed by atoms with Crippen molar-refractivity contribution in [2.24, 2.45) is 0 Å². The van der Waals surface area contributed by atoms with Crippen molar-refractivity contribution in [3.8, 4) is 17.2 Å². The summed E-state index contributed by atoms with van der Waals surface area (Å²) in [5, 5.41) is 3.09. The summed E-state index contributed by atoms with van der Waals surface area (Å²) in [5.41, 5.74) is 1.03. The molecular weight excluding hydrogens is 266 g/mol. The molecule has 0 saturated heterocycles. The number of hydrogen-bond donors (Lipinski definition) is 1. The normalized spacial score (nSPS) is 13.3. The highest BCUT2D eigenvalue weighted by Gasteiger charge is 2.14. The van der Waals surface area contributed by atoms with Crippen LogP contribution in [0, 0.1) is 0 Å². The Morgan fingerprint density at radius 1 is 1.14 bits per heavy atom. The molecule has 0 amide bonds. The van der Waals surface area contributed by atoms with Gasteiger partial charge in [0, 0.05) is 18.2 Å². The number of benzene rings is 2. The molecule has 1 N–H and O–H groups in total. The molecule has 0 fully saturated rings. The van der Waals surface area contributed by atoms with Gasteiger partial charge in [-0.1, -0.05) is 30.3 Å². The van der Waals surface area contributed by atoms with E-state index in [1.807, 2.05) is 61.7 Å². The predicted octanol–water partition coefficient (Wildman–Crippen LogP) is 3.05. The van der Waals surface area contributed by atoms with Gasteiger partial charge in [-0.05, 0) is 25.3 Å². The van der Waals surface area contributed by atoms with Crippen LogP contribution in [-0.4, -0.2) is 20.4 Å². The molecule has 0 saturated carbocycles. The van der Waals surface area contributed by atoms with E-state index >= 15 is 0 Å². The molecule has 0 radical (unpaired) electrons. The van der Waals surface area contributed by atoms with E-state index in [1.54, 1.807) is 0 Å². The minimum absolute atomic E-state index is 0.264. The Kier molecular flexibility index (Phi) is 4.07. The third-order valence-electron chi connectivity index (χ3n) is 3.12. The van der Waals surface area contributed by atoms with Crippen LogP contribution in [0.15, 0.2) is 54.6 Å². The van der Waals surface area contributed by atoms with Crippen LogP contribution in [-0.2, 0) is 0 Å². The highest BCUT2D eigenvalue weighted by Crippen LogP contribution is 2.36. The Hall–Kier alpha value is -2.46. The van der Waals surface area contributed by atoms with Crippen LogP contribution >= 0.6 is 0 Å². The third kappa shape index (κ3) is 3.17. The molecule has 1 aliphatic rings. The second-order valence-electron chi connectivity index (χ2n) is 4.61. The zero-order valence-corrected chi connectivity index (χ0v) is 11.8. The zero-order valence-electron chi connectivity index (χ0n) is 11.8. The van der Waals surface area contributed by atoms with Gasteiger partial charge in [-0.25, -0.2) is 0 Å². The maximum Gasteiger partial charge on any atom is 0.231 e. The van der Waals surface area contributed by atoms with Gasteiger partial charge in [-0.2, -0.15) is 0 Å². The topological polar surface area (TPSA) is 39.7 Å². The maximum atomic E-state index is 6.01. The molecule has 0 atom stereocenters. The summed E-state index contributed by atoms with van der Waals surface area (Å²) in [7, 11) is 1.90. The number of fused-ring (bicyclic) bond motifs is 1. The summed E-state index contributed by atoms with van der Waals surface area (Å²) >= 11 is 0. The quantitative estimate of drug-likeness (QED) is 0.856. The first-order valence-corrected chi connectivity index (χ1v) is 6.84.